The number of rotatable bonds is 8. The molecule has 102 valence electrons. The summed E-state index contributed by atoms with van der Waals surface area (Å²) >= 11 is 0. The Morgan fingerprint density at radius 3 is 2.83 bits per heavy atom. The molecular formula is C14H23NO3. The molecule has 0 saturated carbocycles. The summed E-state index contributed by atoms with van der Waals surface area (Å²) in [5, 5.41) is 12.8. The minimum absolute atomic E-state index is 0.296. The van der Waals surface area contributed by atoms with Crippen molar-refractivity contribution >= 4 is 0 Å². The van der Waals surface area contributed by atoms with E-state index >= 15 is 0 Å². The summed E-state index contributed by atoms with van der Waals surface area (Å²) in [5.74, 6) is 0.839. The summed E-state index contributed by atoms with van der Waals surface area (Å²) in [4.78, 5) is 0. The fourth-order valence-corrected chi connectivity index (χ4v) is 1.55. The van der Waals surface area contributed by atoms with Gasteiger partial charge in [-0.3, -0.25) is 0 Å². The number of aliphatic hydroxyl groups excluding tert-OH is 1. The van der Waals surface area contributed by atoms with Crippen LogP contribution in [0.2, 0.25) is 0 Å². The Kier molecular flexibility index (Phi) is 6.72. The van der Waals surface area contributed by atoms with Crippen molar-refractivity contribution in [2.45, 2.75) is 20.0 Å². The minimum Gasteiger partial charge on any atom is -0.491 e. The van der Waals surface area contributed by atoms with E-state index in [0.717, 1.165) is 23.4 Å². The molecule has 0 aliphatic rings. The molecular weight excluding hydrogens is 230 g/mol. The van der Waals surface area contributed by atoms with Crippen LogP contribution in [0.15, 0.2) is 18.2 Å². The van der Waals surface area contributed by atoms with Crippen LogP contribution in [0.1, 0.15) is 11.1 Å². The number of hydrogen-bond acceptors (Lipinski definition) is 4. The van der Waals surface area contributed by atoms with Crippen molar-refractivity contribution in [2.75, 3.05) is 33.4 Å². The van der Waals surface area contributed by atoms with Crippen molar-refractivity contribution in [2.24, 2.45) is 0 Å². The third-order valence-electron chi connectivity index (χ3n) is 2.64. The highest BCUT2D eigenvalue weighted by Gasteiger charge is 2.06. The average Bonchev–Trinajstić information content (AvgIpc) is 2.36. The molecule has 0 bridgehead atoms. The maximum absolute atomic E-state index is 9.74. The summed E-state index contributed by atoms with van der Waals surface area (Å²) < 4.78 is 10.5. The molecule has 0 aliphatic carbocycles. The molecule has 0 radical (unpaired) electrons. The molecule has 0 aromatic heterocycles. The Hall–Kier alpha value is -1.10. The van der Waals surface area contributed by atoms with E-state index in [1.807, 2.05) is 32.0 Å². The fraction of sp³-hybridized carbons (Fsp3) is 0.571. The molecule has 0 spiro atoms. The lowest BCUT2D eigenvalue weighted by Crippen LogP contribution is -2.33. The first-order valence-corrected chi connectivity index (χ1v) is 6.21. The molecule has 1 unspecified atom stereocenters. The minimum atomic E-state index is -0.512. The zero-order valence-corrected chi connectivity index (χ0v) is 11.4. The lowest BCUT2D eigenvalue weighted by molar-refractivity contribution is 0.103. The Balaban J connectivity index is 2.29. The van der Waals surface area contributed by atoms with Crippen LogP contribution in [0.25, 0.3) is 0 Å². The van der Waals surface area contributed by atoms with E-state index in [0.29, 0.717) is 19.8 Å². The van der Waals surface area contributed by atoms with Gasteiger partial charge in [-0.15, -0.1) is 0 Å². The predicted octanol–water partition coefficient (Wildman–Crippen LogP) is 1.28. The molecule has 0 saturated heterocycles. The van der Waals surface area contributed by atoms with E-state index in [4.69, 9.17) is 9.47 Å². The Morgan fingerprint density at radius 1 is 1.33 bits per heavy atom. The van der Waals surface area contributed by atoms with Gasteiger partial charge in [-0.2, -0.15) is 0 Å². The van der Waals surface area contributed by atoms with Crippen LogP contribution in [0.4, 0.5) is 0 Å². The van der Waals surface area contributed by atoms with E-state index < -0.39 is 6.10 Å². The summed E-state index contributed by atoms with van der Waals surface area (Å²) in [6, 6.07) is 6.05. The van der Waals surface area contributed by atoms with Crippen molar-refractivity contribution in [3.8, 4) is 5.75 Å². The molecule has 2 N–H and O–H groups in total. The molecule has 1 aromatic carbocycles. The van der Waals surface area contributed by atoms with E-state index in [1.54, 1.807) is 7.11 Å². The molecule has 1 rings (SSSR count). The number of ether oxygens (including phenoxy) is 2. The summed E-state index contributed by atoms with van der Waals surface area (Å²) in [7, 11) is 1.65. The quantitative estimate of drug-likeness (QED) is 0.685. The van der Waals surface area contributed by atoms with Crippen LogP contribution in [-0.4, -0.2) is 44.6 Å². The normalized spacial score (nSPS) is 12.4. The number of aliphatic hydroxyl groups is 1. The topological polar surface area (TPSA) is 50.7 Å². The second kappa shape index (κ2) is 8.08. The monoisotopic (exact) mass is 253 g/mol. The highest BCUT2D eigenvalue weighted by Crippen LogP contribution is 2.19. The second-order valence-electron chi connectivity index (χ2n) is 4.43. The third-order valence-corrected chi connectivity index (χ3v) is 2.64. The van der Waals surface area contributed by atoms with Crippen LogP contribution in [0, 0.1) is 13.8 Å². The van der Waals surface area contributed by atoms with Gasteiger partial charge in [-0.25, -0.2) is 0 Å². The van der Waals surface area contributed by atoms with Crippen LogP contribution in [-0.2, 0) is 4.74 Å². The van der Waals surface area contributed by atoms with Crippen molar-refractivity contribution in [3.05, 3.63) is 29.3 Å². The molecule has 4 nitrogen and oxygen atoms in total. The Morgan fingerprint density at radius 2 is 2.11 bits per heavy atom. The molecule has 18 heavy (non-hydrogen) atoms. The predicted molar refractivity (Wildman–Crippen MR) is 72.2 cm³/mol. The van der Waals surface area contributed by atoms with Gasteiger partial charge in [0.25, 0.3) is 0 Å². The highest BCUT2D eigenvalue weighted by molar-refractivity contribution is 5.35. The molecule has 0 fully saturated rings. The van der Waals surface area contributed by atoms with E-state index in [9.17, 15) is 5.11 Å². The van der Waals surface area contributed by atoms with E-state index in [-0.39, 0.29) is 0 Å². The van der Waals surface area contributed by atoms with E-state index in [1.165, 1.54) is 0 Å². The standard InChI is InChI=1S/C14H23NO3/c1-11-4-5-12(2)14(8-11)18-10-13(16)9-15-6-7-17-3/h4-5,8,13,15-16H,6-7,9-10H2,1-3H3. The molecule has 4 heteroatoms. The van der Waals surface area contributed by atoms with Gasteiger partial charge >= 0.3 is 0 Å². The molecule has 0 heterocycles. The van der Waals surface area contributed by atoms with Crippen molar-refractivity contribution in [3.63, 3.8) is 0 Å². The zero-order valence-electron chi connectivity index (χ0n) is 11.4. The molecule has 0 aliphatic heterocycles. The van der Waals surface area contributed by atoms with Crippen LogP contribution >= 0.6 is 0 Å². The number of nitrogens with one attached hydrogen (secondary N) is 1. The molecule has 1 atom stereocenters. The van der Waals surface area contributed by atoms with E-state index in [2.05, 4.69) is 5.32 Å². The largest absolute Gasteiger partial charge is 0.491 e. The maximum Gasteiger partial charge on any atom is 0.122 e. The van der Waals surface area contributed by atoms with Crippen molar-refractivity contribution in [1.82, 2.24) is 5.32 Å². The number of hydrogen-bond donors (Lipinski definition) is 2. The second-order valence-corrected chi connectivity index (χ2v) is 4.43. The number of aryl methyl sites for hydroxylation is 2. The van der Waals surface area contributed by atoms with Crippen molar-refractivity contribution < 1.29 is 14.6 Å². The van der Waals surface area contributed by atoms with Gasteiger partial charge in [0.15, 0.2) is 0 Å². The SMILES string of the molecule is COCCNCC(O)COc1cc(C)ccc1C. The van der Waals surface area contributed by atoms with Crippen LogP contribution in [0.5, 0.6) is 5.75 Å². The van der Waals surface area contributed by atoms with Gasteiger partial charge in [-0.1, -0.05) is 12.1 Å². The molecule has 0 amide bonds. The average molecular weight is 253 g/mol. The lowest BCUT2D eigenvalue weighted by Gasteiger charge is -2.14. The smallest absolute Gasteiger partial charge is 0.122 e. The van der Waals surface area contributed by atoms with Crippen LogP contribution in [0.3, 0.4) is 0 Å². The highest BCUT2D eigenvalue weighted by atomic mass is 16.5. The first kappa shape index (κ1) is 15.0. The third kappa shape index (κ3) is 5.49. The fourth-order valence-electron chi connectivity index (χ4n) is 1.55. The first-order chi connectivity index (χ1) is 8.63. The van der Waals surface area contributed by atoms with Gasteiger partial charge in [0.2, 0.25) is 0 Å². The number of benzene rings is 1. The Bertz CT molecular complexity index is 355. The summed E-state index contributed by atoms with van der Waals surface area (Å²) in [6.45, 7) is 6.20. The molecule has 1 aromatic rings. The lowest BCUT2D eigenvalue weighted by atomic mass is 10.1. The van der Waals surface area contributed by atoms with Gasteiger partial charge in [-0.05, 0) is 31.0 Å². The number of methoxy groups -OCH3 is 1. The zero-order chi connectivity index (χ0) is 13.4. The van der Waals surface area contributed by atoms with Gasteiger partial charge in [0.05, 0.1) is 6.61 Å². The summed E-state index contributed by atoms with van der Waals surface area (Å²) in [5.41, 5.74) is 2.24. The van der Waals surface area contributed by atoms with Crippen molar-refractivity contribution in [1.29, 1.82) is 0 Å². The van der Waals surface area contributed by atoms with Gasteiger partial charge in [0, 0.05) is 20.2 Å². The maximum atomic E-state index is 9.74. The Labute approximate surface area is 109 Å². The summed E-state index contributed by atoms with van der Waals surface area (Å²) in [6.07, 6.45) is -0.512. The van der Waals surface area contributed by atoms with Gasteiger partial charge < -0.3 is 19.9 Å². The van der Waals surface area contributed by atoms with Gasteiger partial charge in [0.1, 0.15) is 18.5 Å². The van der Waals surface area contributed by atoms with Crippen LogP contribution < -0.4 is 10.1 Å². The first-order valence-electron chi connectivity index (χ1n) is 6.21.